The number of halogens is 2. The van der Waals surface area contributed by atoms with E-state index in [2.05, 4.69) is 22.6 Å². The van der Waals surface area contributed by atoms with Crippen LogP contribution in [0.4, 0.5) is 0 Å². The van der Waals surface area contributed by atoms with E-state index >= 15 is 0 Å². The van der Waals surface area contributed by atoms with E-state index in [1.54, 1.807) is 18.2 Å². The lowest BCUT2D eigenvalue weighted by molar-refractivity contribution is 0.1000. The van der Waals surface area contributed by atoms with Crippen molar-refractivity contribution in [3.05, 3.63) is 62.2 Å². The molecule has 0 saturated carbocycles. The van der Waals surface area contributed by atoms with Crippen molar-refractivity contribution < 1.29 is 9.53 Å². The molecule has 0 saturated heterocycles. The fraction of sp³-hybridized carbons (Fsp3) is 0.0714. The van der Waals surface area contributed by atoms with Gasteiger partial charge in [-0.15, -0.1) is 0 Å². The van der Waals surface area contributed by atoms with Gasteiger partial charge in [0.25, 0.3) is 0 Å². The smallest absolute Gasteiger partial charge is 0.248 e. The van der Waals surface area contributed by atoms with Gasteiger partial charge in [0.15, 0.2) is 0 Å². The van der Waals surface area contributed by atoms with Gasteiger partial charge in [-0.3, -0.25) is 4.79 Å². The standard InChI is InChI=1S/C14H11ClINO2/c15-13-7-9(14(17)18)1-2-10(13)8-19-12-5-3-11(16)4-6-12/h1-7H,8H2,(H2,17,18). The molecule has 0 spiro atoms. The molecule has 19 heavy (non-hydrogen) atoms. The van der Waals surface area contributed by atoms with Crippen molar-refractivity contribution in [2.75, 3.05) is 0 Å². The van der Waals surface area contributed by atoms with Crippen molar-refractivity contribution >= 4 is 40.1 Å². The molecular weight excluding hydrogens is 377 g/mol. The van der Waals surface area contributed by atoms with E-state index in [0.29, 0.717) is 17.2 Å². The summed E-state index contributed by atoms with van der Waals surface area (Å²) >= 11 is 8.31. The molecule has 98 valence electrons. The third kappa shape index (κ3) is 3.84. The van der Waals surface area contributed by atoms with Crippen molar-refractivity contribution in [1.82, 2.24) is 0 Å². The van der Waals surface area contributed by atoms with E-state index in [0.717, 1.165) is 14.9 Å². The number of carbonyl (C=O) groups excluding carboxylic acids is 1. The van der Waals surface area contributed by atoms with Crippen LogP contribution < -0.4 is 10.5 Å². The average molecular weight is 388 g/mol. The first-order valence-electron chi connectivity index (χ1n) is 5.53. The van der Waals surface area contributed by atoms with Gasteiger partial charge < -0.3 is 10.5 Å². The highest BCUT2D eigenvalue weighted by molar-refractivity contribution is 14.1. The molecule has 2 rings (SSSR count). The van der Waals surface area contributed by atoms with E-state index in [9.17, 15) is 4.79 Å². The van der Waals surface area contributed by atoms with E-state index in [-0.39, 0.29) is 0 Å². The van der Waals surface area contributed by atoms with Crippen LogP contribution in [0.2, 0.25) is 5.02 Å². The fourth-order valence-corrected chi connectivity index (χ4v) is 2.10. The minimum atomic E-state index is -0.494. The summed E-state index contributed by atoms with van der Waals surface area (Å²) in [7, 11) is 0. The highest BCUT2D eigenvalue weighted by Crippen LogP contribution is 2.21. The molecule has 0 bridgehead atoms. The molecule has 0 aliphatic heterocycles. The average Bonchev–Trinajstić information content (AvgIpc) is 2.39. The van der Waals surface area contributed by atoms with Crippen LogP contribution in [0.1, 0.15) is 15.9 Å². The molecule has 2 aromatic carbocycles. The number of hydrogen-bond donors (Lipinski definition) is 1. The highest BCUT2D eigenvalue weighted by atomic mass is 127. The number of benzene rings is 2. The zero-order valence-electron chi connectivity index (χ0n) is 9.90. The molecule has 0 unspecified atom stereocenters. The first-order valence-corrected chi connectivity index (χ1v) is 6.98. The van der Waals surface area contributed by atoms with Crippen LogP contribution in [-0.4, -0.2) is 5.91 Å². The Kier molecular flexibility index (Phi) is 4.66. The minimum Gasteiger partial charge on any atom is -0.489 e. The summed E-state index contributed by atoms with van der Waals surface area (Å²) in [6.45, 7) is 0.346. The second-order valence-corrected chi connectivity index (χ2v) is 5.57. The third-order valence-corrected chi connectivity index (χ3v) is 3.62. The van der Waals surface area contributed by atoms with Crippen LogP contribution in [0.5, 0.6) is 5.75 Å². The number of hydrogen-bond acceptors (Lipinski definition) is 2. The quantitative estimate of drug-likeness (QED) is 0.815. The van der Waals surface area contributed by atoms with Crippen LogP contribution in [0.25, 0.3) is 0 Å². The van der Waals surface area contributed by atoms with Crippen LogP contribution in [0.3, 0.4) is 0 Å². The monoisotopic (exact) mass is 387 g/mol. The maximum Gasteiger partial charge on any atom is 0.248 e. The molecule has 1 amide bonds. The number of primary amides is 1. The predicted molar refractivity (Wildman–Crippen MR) is 83.5 cm³/mol. The Hall–Kier alpha value is -1.27. The lowest BCUT2D eigenvalue weighted by Gasteiger charge is -2.08. The lowest BCUT2D eigenvalue weighted by atomic mass is 10.1. The zero-order valence-corrected chi connectivity index (χ0v) is 12.8. The van der Waals surface area contributed by atoms with Gasteiger partial charge in [-0.05, 0) is 59.0 Å². The number of carbonyl (C=O) groups is 1. The minimum absolute atomic E-state index is 0.346. The van der Waals surface area contributed by atoms with E-state index in [4.69, 9.17) is 22.1 Å². The van der Waals surface area contributed by atoms with Gasteiger partial charge in [-0.25, -0.2) is 0 Å². The zero-order chi connectivity index (χ0) is 13.8. The molecule has 0 aliphatic carbocycles. The molecule has 0 atom stereocenters. The Bertz CT molecular complexity index is 599. The Morgan fingerprint density at radius 2 is 1.89 bits per heavy atom. The third-order valence-electron chi connectivity index (χ3n) is 2.55. The molecule has 2 aromatic rings. The maximum absolute atomic E-state index is 11.0. The van der Waals surface area contributed by atoms with Crippen molar-refractivity contribution in [3.8, 4) is 5.75 Å². The van der Waals surface area contributed by atoms with Gasteiger partial charge in [-0.1, -0.05) is 17.7 Å². The summed E-state index contributed by atoms with van der Waals surface area (Å²) in [4.78, 5) is 11.0. The lowest BCUT2D eigenvalue weighted by Crippen LogP contribution is -2.11. The molecule has 0 fully saturated rings. The summed E-state index contributed by atoms with van der Waals surface area (Å²) in [5.41, 5.74) is 6.38. The normalized spacial score (nSPS) is 10.2. The molecule has 2 N–H and O–H groups in total. The topological polar surface area (TPSA) is 52.3 Å². The Morgan fingerprint density at radius 1 is 1.21 bits per heavy atom. The van der Waals surface area contributed by atoms with Gasteiger partial charge in [0.1, 0.15) is 12.4 Å². The second kappa shape index (κ2) is 6.25. The first-order chi connectivity index (χ1) is 9.06. The summed E-state index contributed by atoms with van der Waals surface area (Å²) in [6, 6.07) is 12.7. The van der Waals surface area contributed by atoms with E-state index in [1.807, 2.05) is 24.3 Å². The Labute approximate surface area is 129 Å². The van der Waals surface area contributed by atoms with Gasteiger partial charge >= 0.3 is 0 Å². The van der Waals surface area contributed by atoms with Gasteiger partial charge in [0, 0.05) is 19.7 Å². The summed E-state index contributed by atoms with van der Waals surface area (Å²) in [5.74, 6) is 0.280. The first kappa shape index (κ1) is 14.1. The summed E-state index contributed by atoms with van der Waals surface area (Å²) < 4.78 is 6.77. The number of ether oxygens (including phenoxy) is 1. The van der Waals surface area contributed by atoms with E-state index in [1.165, 1.54) is 0 Å². The van der Waals surface area contributed by atoms with Crippen molar-refractivity contribution in [3.63, 3.8) is 0 Å². The van der Waals surface area contributed by atoms with Gasteiger partial charge in [0.2, 0.25) is 5.91 Å². The molecule has 0 aromatic heterocycles. The number of amides is 1. The summed E-state index contributed by atoms with van der Waals surface area (Å²) in [5, 5.41) is 0.474. The second-order valence-electron chi connectivity index (χ2n) is 3.91. The molecule has 5 heteroatoms. The van der Waals surface area contributed by atoms with Crippen LogP contribution in [-0.2, 0) is 6.61 Å². The van der Waals surface area contributed by atoms with Crippen molar-refractivity contribution in [2.24, 2.45) is 5.73 Å². The number of rotatable bonds is 4. The Morgan fingerprint density at radius 3 is 2.47 bits per heavy atom. The van der Waals surface area contributed by atoms with Gasteiger partial charge in [-0.2, -0.15) is 0 Å². The van der Waals surface area contributed by atoms with Crippen LogP contribution in [0.15, 0.2) is 42.5 Å². The van der Waals surface area contributed by atoms with Crippen molar-refractivity contribution in [1.29, 1.82) is 0 Å². The molecule has 0 aliphatic rings. The van der Waals surface area contributed by atoms with Crippen LogP contribution >= 0.6 is 34.2 Å². The largest absolute Gasteiger partial charge is 0.489 e. The predicted octanol–water partition coefficient (Wildman–Crippen LogP) is 3.62. The van der Waals surface area contributed by atoms with E-state index < -0.39 is 5.91 Å². The maximum atomic E-state index is 11.0. The molecule has 0 radical (unpaired) electrons. The summed E-state index contributed by atoms with van der Waals surface area (Å²) in [6.07, 6.45) is 0. The van der Waals surface area contributed by atoms with Gasteiger partial charge in [0.05, 0.1) is 0 Å². The molecular formula is C14H11ClINO2. The highest BCUT2D eigenvalue weighted by Gasteiger charge is 2.06. The molecule has 0 heterocycles. The SMILES string of the molecule is NC(=O)c1ccc(COc2ccc(I)cc2)c(Cl)c1. The number of nitrogens with two attached hydrogens (primary N) is 1. The Balaban J connectivity index is 2.07. The van der Waals surface area contributed by atoms with Crippen molar-refractivity contribution in [2.45, 2.75) is 6.61 Å². The fourth-order valence-electron chi connectivity index (χ4n) is 1.51. The van der Waals surface area contributed by atoms with Crippen LogP contribution in [0, 0.1) is 3.57 Å². The molecule has 3 nitrogen and oxygen atoms in total.